The van der Waals surface area contributed by atoms with Gasteiger partial charge in [-0.25, -0.2) is 0 Å². The van der Waals surface area contributed by atoms with E-state index in [-0.39, 0.29) is 22.9 Å². The molecule has 6 bridgehead atoms. The number of hydrogen-bond donors (Lipinski definition) is 1. The van der Waals surface area contributed by atoms with E-state index in [0.717, 1.165) is 38.5 Å². The van der Waals surface area contributed by atoms with Crippen molar-refractivity contribution in [2.75, 3.05) is 0 Å². The van der Waals surface area contributed by atoms with E-state index in [1.54, 1.807) is 0 Å². The fourth-order valence-corrected chi connectivity index (χ4v) is 9.61. The number of carbonyl (C=O) groups excluding carboxylic acids is 1. The second kappa shape index (κ2) is 4.17. The van der Waals surface area contributed by atoms with Crippen LogP contribution in [0.25, 0.3) is 0 Å². The molecule has 6 rings (SSSR count). The smallest absolute Gasteiger partial charge is 0.312 e. The van der Waals surface area contributed by atoms with E-state index in [4.69, 9.17) is 4.74 Å². The Balaban J connectivity index is 1.49. The van der Waals surface area contributed by atoms with E-state index >= 15 is 0 Å². The second-order valence-electron chi connectivity index (χ2n) is 11.3. The van der Waals surface area contributed by atoms with Crippen molar-refractivity contribution in [3.63, 3.8) is 0 Å². The Morgan fingerprint density at radius 1 is 1.08 bits per heavy atom. The predicted molar refractivity (Wildman–Crippen MR) is 94.0 cm³/mol. The highest BCUT2D eigenvalue weighted by Gasteiger charge is 2.92. The average Bonchev–Trinajstić information content (AvgIpc) is 2.75. The fourth-order valence-electron chi connectivity index (χ4n) is 9.61. The SMILES string of the molecule is CCC(C)(C)C(=O)OC12CC3CC4C5(C(=O)O)CC6CC1C5C4(C3)C2C6. The zero-order chi connectivity index (χ0) is 18.3. The molecule has 9 unspecified atom stereocenters. The maximum atomic E-state index is 13.1. The molecule has 0 aromatic carbocycles. The highest BCUT2D eigenvalue weighted by molar-refractivity contribution is 5.80. The minimum Gasteiger partial charge on any atom is -0.481 e. The molecule has 4 nitrogen and oxygen atoms in total. The van der Waals surface area contributed by atoms with Crippen LogP contribution in [0, 0.1) is 51.8 Å². The lowest BCUT2D eigenvalue weighted by Crippen LogP contribution is -2.67. The van der Waals surface area contributed by atoms with Crippen LogP contribution in [0.4, 0.5) is 0 Å². The van der Waals surface area contributed by atoms with Gasteiger partial charge in [0.25, 0.3) is 0 Å². The van der Waals surface area contributed by atoms with Crippen LogP contribution in [0.3, 0.4) is 0 Å². The van der Waals surface area contributed by atoms with Gasteiger partial charge in [0, 0.05) is 11.8 Å². The molecule has 0 amide bonds. The highest BCUT2D eigenvalue weighted by Crippen LogP contribution is 2.92. The highest BCUT2D eigenvalue weighted by atomic mass is 16.6. The van der Waals surface area contributed by atoms with Gasteiger partial charge in [-0.05, 0) is 87.9 Å². The minimum absolute atomic E-state index is 0.0505. The third kappa shape index (κ3) is 1.31. The molecule has 9 atom stereocenters. The lowest BCUT2D eigenvalue weighted by atomic mass is 9.37. The van der Waals surface area contributed by atoms with E-state index in [1.807, 2.05) is 20.8 Å². The maximum absolute atomic E-state index is 13.1. The molecule has 26 heavy (non-hydrogen) atoms. The van der Waals surface area contributed by atoms with Crippen molar-refractivity contribution >= 4 is 11.9 Å². The Kier molecular flexibility index (Phi) is 2.56. The molecule has 0 heterocycles. The van der Waals surface area contributed by atoms with Crippen LogP contribution in [-0.2, 0) is 14.3 Å². The van der Waals surface area contributed by atoms with Gasteiger partial charge in [0.1, 0.15) is 5.60 Å². The molecule has 142 valence electrons. The van der Waals surface area contributed by atoms with Crippen molar-refractivity contribution in [3.05, 3.63) is 0 Å². The molecule has 0 saturated heterocycles. The molecule has 0 aromatic rings. The summed E-state index contributed by atoms with van der Waals surface area (Å²) >= 11 is 0. The van der Waals surface area contributed by atoms with Crippen molar-refractivity contribution in [1.29, 1.82) is 0 Å². The molecule has 6 aliphatic carbocycles. The van der Waals surface area contributed by atoms with Crippen LogP contribution in [-0.4, -0.2) is 22.6 Å². The second-order valence-corrected chi connectivity index (χ2v) is 11.3. The molecular formula is C22H30O4. The first-order chi connectivity index (χ1) is 12.2. The molecular weight excluding hydrogens is 328 g/mol. The Morgan fingerprint density at radius 3 is 2.50 bits per heavy atom. The number of aliphatic carboxylic acids is 1. The molecule has 6 aliphatic rings. The van der Waals surface area contributed by atoms with Crippen LogP contribution in [0.1, 0.15) is 65.7 Å². The molecule has 4 heteroatoms. The summed E-state index contributed by atoms with van der Waals surface area (Å²) < 4.78 is 6.53. The summed E-state index contributed by atoms with van der Waals surface area (Å²) in [6.45, 7) is 6.02. The summed E-state index contributed by atoms with van der Waals surface area (Å²) in [5, 5.41) is 10.3. The fraction of sp³-hybridized carbons (Fsp3) is 0.909. The standard InChI is InChI=1S/C22H30O4/c1-4-19(2,3)18(25)26-22-10-12-7-14-20(9-12)15(22)6-11-5-13(22)16(20)21(14,8-11)17(23)24/h11-16H,4-10H2,1-3H3,(H,23,24). The predicted octanol–water partition coefficient (Wildman–Crippen LogP) is 3.88. The van der Waals surface area contributed by atoms with Gasteiger partial charge in [-0.15, -0.1) is 0 Å². The maximum Gasteiger partial charge on any atom is 0.312 e. The molecule has 1 spiro atoms. The van der Waals surface area contributed by atoms with Crippen molar-refractivity contribution in [2.45, 2.75) is 71.3 Å². The minimum atomic E-state index is -0.544. The summed E-state index contributed by atoms with van der Waals surface area (Å²) in [5.74, 6) is 1.85. The molecule has 0 radical (unpaired) electrons. The Labute approximate surface area is 155 Å². The number of fused-ring (bicyclic) bond motifs is 3. The van der Waals surface area contributed by atoms with Crippen molar-refractivity contribution in [3.8, 4) is 0 Å². The zero-order valence-corrected chi connectivity index (χ0v) is 16.1. The Bertz CT molecular complexity index is 742. The van der Waals surface area contributed by atoms with Gasteiger partial charge in [0.15, 0.2) is 0 Å². The monoisotopic (exact) mass is 358 g/mol. The molecule has 6 saturated carbocycles. The Morgan fingerprint density at radius 2 is 1.81 bits per heavy atom. The summed E-state index contributed by atoms with van der Waals surface area (Å²) in [6, 6.07) is 0. The lowest BCUT2D eigenvalue weighted by molar-refractivity contribution is -0.224. The van der Waals surface area contributed by atoms with E-state index < -0.39 is 16.8 Å². The van der Waals surface area contributed by atoms with E-state index in [9.17, 15) is 14.7 Å². The van der Waals surface area contributed by atoms with Crippen molar-refractivity contribution in [1.82, 2.24) is 0 Å². The van der Waals surface area contributed by atoms with Crippen LogP contribution in [0.15, 0.2) is 0 Å². The summed E-state index contributed by atoms with van der Waals surface area (Å²) in [7, 11) is 0. The van der Waals surface area contributed by atoms with Gasteiger partial charge in [-0.2, -0.15) is 0 Å². The van der Waals surface area contributed by atoms with Crippen LogP contribution < -0.4 is 0 Å². The Hall–Kier alpha value is -1.06. The van der Waals surface area contributed by atoms with Gasteiger partial charge in [-0.3, -0.25) is 9.59 Å². The molecule has 0 aliphatic heterocycles. The lowest BCUT2D eigenvalue weighted by Gasteiger charge is -2.65. The first-order valence-electron chi connectivity index (χ1n) is 10.7. The first-order valence-corrected chi connectivity index (χ1v) is 10.7. The quantitative estimate of drug-likeness (QED) is 0.775. The van der Waals surface area contributed by atoms with Gasteiger partial charge in [0.05, 0.1) is 10.8 Å². The number of ether oxygens (including phenoxy) is 1. The molecule has 1 N–H and O–H groups in total. The van der Waals surface area contributed by atoms with Crippen LogP contribution in [0.5, 0.6) is 0 Å². The molecule has 6 fully saturated rings. The largest absolute Gasteiger partial charge is 0.481 e. The van der Waals surface area contributed by atoms with Crippen LogP contribution >= 0.6 is 0 Å². The van der Waals surface area contributed by atoms with E-state index in [2.05, 4.69) is 0 Å². The van der Waals surface area contributed by atoms with Gasteiger partial charge in [0.2, 0.25) is 0 Å². The van der Waals surface area contributed by atoms with Crippen molar-refractivity contribution in [2.24, 2.45) is 51.8 Å². The van der Waals surface area contributed by atoms with Gasteiger partial charge in [-0.1, -0.05) is 6.92 Å². The van der Waals surface area contributed by atoms with Crippen LogP contribution in [0.2, 0.25) is 0 Å². The van der Waals surface area contributed by atoms with Gasteiger partial charge < -0.3 is 9.84 Å². The van der Waals surface area contributed by atoms with E-state index in [0.29, 0.717) is 29.6 Å². The number of esters is 1. The third-order valence-corrected chi connectivity index (χ3v) is 10.4. The molecule has 0 aromatic heterocycles. The first kappa shape index (κ1) is 15.9. The summed E-state index contributed by atoms with van der Waals surface area (Å²) in [5.41, 5.74) is -1.11. The van der Waals surface area contributed by atoms with Crippen molar-refractivity contribution < 1.29 is 19.4 Å². The number of carboxylic acids is 1. The normalized spacial score (nSPS) is 57.2. The number of carbonyl (C=O) groups is 2. The average molecular weight is 358 g/mol. The number of carboxylic acid groups (broad SMARTS) is 1. The van der Waals surface area contributed by atoms with E-state index in [1.165, 1.54) is 6.42 Å². The summed E-state index contributed by atoms with van der Waals surface area (Å²) in [4.78, 5) is 25.6. The summed E-state index contributed by atoms with van der Waals surface area (Å²) in [6.07, 6.45) is 7.15. The zero-order valence-electron chi connectivity index (χ0n) is 16.1. The number of rotatable bonds is 4. The van der Waals surface area contributed by atoms with Gasteiger partial charge >= 0.3 is 11.9 Å². The third-order valence-electron chi connectivity index (χ3n) is 10.4. The topological polar surface area (TPSA) is 63.6 Å². The number of hydrogen-bond acceptors (Lipinski definition) is 3.